The van der Waals surface area contributed by atoms with Crippen LogP contribution in [0.4, 0.5) is 17.1 Å². The number of benzene rings is 3. The highest BCUT2D eigenvalue weighted by Gasteiger charge is 2.19. The molecule has 0 bridgehead atoms. The Hall–Kier alpha value is -3.89. The molecule has 10 nitrogen and oxygen atoms in total. The Labute approximate surface area is 197 Å². The molecule has 0 saturated carbocycles. The fourth-order valence-electron chi connectivity index (χ4n) is 2.74. The molecule has 1 N–H and O–H groups in total. The predicted octanol–water partition coefficient (Wildman–Crippen LogP) is 5.84. The third-order valence-electron chi connectivity index (χ3n) is 4.37. The maximum Gasteiger partial charge on any atom is 0.301 e. The standard InChI is InChI=1S/C21H16Cl2N4O6/c1-32-20-7-2-13(8-21(20)33-12-14-3-4-15(22)9-17(14)23)11-24-25-18-6-5-16(26(28)29)10-19(18)27(30)31/h2-11,25H,12H2,1H3/b24-11-. The second-order valence-electron chi connectivity index (χ2n) is 6.52. The van der Waals surface area contributed by atoms with Crippen LogP contribution in [0.3, 0.4) is 0 Å². The van der Waals surface area contributed by atoms with E-state index in [2.05, 4.69) is 10.5 Å². The summed E-state index contributed by atoms with van der Waals surface area (Å²) in [4.78, 5) is 20.6. The number of nitro groups is 2. The topological polar surface area (TPSA) is 129 Å². The lowest BCUT2D eigenvalue weighted by molar-refractivity contribution is -0.393. The maximum absolute atomic E-state index is 11.2. The van der Waals surface area contributed by atoms with Crippen molar-refractivity contribution in [3.63, 3.8) is 0 Å². The van der Waals surface area contributed by atoms with Crippen LogP contribution in [-0.4, -0.2) is 23.2 Å². The highest BCUT2D eigenvalue weighted by Crippen LogP contribution is 2.31. The highest BCUT2D eigenvalue weighted by molar-refractivity contribution is 6.35. The second kappa shape index (κ2) is 10.6. The van der Waals surface area contributed by atoms with E-state index in [9.17, 15) is 20.2 Å². The normalized spacial score (nSPS) is 10.8. The van der Waals surface area contributed by atoms with Crippen molar-refractivity contribution >= 4 is 46.5 Å². The van der Waals surface area contributed by atoms with Crippen molar-refractivity contribution in [3.8, 4) is 11.5 Å². The van der Waals surface area contributed by atoms with Gasteiger partial charge >= 0.3 is 5.69 Å². The van der Waals surface area contributed by atoms with Gasteiger partial charge in [0.2, 0.25) is 0 Å². The summed E-state index contributed by atoms with van der Waals surface area (Å²) in [5.41, 5.74) is 3.00. The Morgan fingerprint density at radius 3 is 2.45 bits per heavy atom. The minimum atomic E-state index is -0.730. The van der Waals surface area contributed by atoms with Crippen molar-refractivity contribution in [2.75, 3.05) is 12.5 Å². The van der Waals surface area contributed by atoms with Gasteiger partial charge in [0.1, 0.15) is 12.3 Å². The van der Waals surface area contributed by atoms with Crippen molar-refractivity contribution in [2.24, 2.45) is 5.10 Å². The Balaban J connectivity index is 1.76. The first-order valence-corrected chi connectivity index (χ1v) is 10.0. The molecule has 0 aromatic heterocycles. The number of ether oxygens (including phenoxy) is 2. The van der Waals surface area contributed by atoms with Gasteiger partial charge in [0.05, 0.1) is 29.2 Å². The van der Waals surface area contributed by atoms with E-state index in [4.69, 9.17) is 32.7 Å². The molecule has 0 unspecified atom stereocenters. The fourth-order valence-corrected chi connectivity index (χ4v) is 3.20. The first-order chi connectivity index (χ1) is 15.8. The molecule has 0 spiro atoms. The van der Waals surface area contributed by atoms with Gasteiger partial charge in [-0.3, -0.25) is 25.7 Å². The van der Waals surface area contributed by atoms with E-state index in [1.807, 2.05) is 0 Å². The first kappa shape index (κ1) is 23.8. The zero-order valence-electron chi connectivity index (χ0n) is 17.0. The average Bonchev–Trinajstić information content (AvgIpc) is 2.78. The van der Waals surface area contributed by atoms with Gasteiger partial charge in [0, 0.05) is 21.7 Å². The van der Waals surface area contributed by atoms with E-state index in [1.54, 1.807) is 36.4 Å². The lowest BCUT2D eigenvalue weighted by atomic mass is 10.2. The van der Waals surface area contributed by atoms with E-state index in [0.717, 1.165) is 17.7 Å². The van der Waals surface area contributed by atoms with Gasteiger partial charge in [-0.05, 0) is 42.0 Å². The Morgan fingerprint density at radius 1 is 1.00 bits per heavy atom. The minimum absolute atomic E-state index is 0.00390. The van der Waals surface area contributed by atoms with Gasteiger partial charge in [-0.15, -0.1) is 0 Å². The van der Waals surface area contributed by atoms with Crippen LogP contribution in [0.5, 0.6) is 11.5 Å². The Bertz CT molecular complexity index is 1240. The highest BCUT2D eigenvalue weighted by atomic mass is 35.5. The fraction of sp³-hybridized carbons (Fsp3) is 0.0952. The van der Waals surface area contributed by atoms with E-state index in [0.29, 0.717) is 27.1 Å². The summed E-state index contributed by atoms with van der Waals surface area (Å²) in [6, 6.07) is 13.3. The van der Waals surface area contributed by atoms with Crippen LogP contribution in [0.2, 0.25) is 10.0 Å². The number of non-ortho nitro benzene ring substituents is 1. The van der Waals surface area contributed by atoms with Crippen LogP contribution < -0.4 is 14.9 Å². The molecule has 0 fully saturated rings. The molecule has 0 radical (unpaired) electrons. The number of nitrogens with zero attached hydrogens (tertiary/aromatic N) is 3. The van der Waals surface area contributed by atoms with Gasteiger partial charge in [-0.25, -0.2) is 0 Å². The second-order valence-corrected chi connectivity index (χ2v) is 7.36. The van der Waals surface area contributed by atoms with Crippen LogP contribution >= 0.6 is 23.2 Å². The van der Waals surface area contributed by atoms with Crippen LogP contribution in [-0.2, 0) is 6.61 Å². The summed E-state index contributed by atoms with van der Waals surface area (Å²) in [5, 5.41) is 27.0. The molecule has 3 aromatic rings. The molecular weight excluding hydrogens is 475 g/mol. The van der Waals surface area contributed by atoms with Gasteiger partial charge in [0.15, 0.2) is 11.5 Å². The summed E-state index contributed by atoms with van der Waals surface area (Å²) in [5.74, 6) is 0.907. The van der Waals surface area contributed by atoms with Crippen molar-refractivity contribution in [1.82, 2.24) is 0 Å². The Morgan fingerprint density at radius 2 is 1.79 bits per heavy atom. The monoisotopic (exact) mass is 490 g/mol. The largest absolute Gasteiger partial charge is 0.493 e. The average molecular weight is 491 g/mol. The Kier molecular flexibility index (Phi) is 7.65. The number of rotatable bonds is 9. The van der Waals surface area contributed by atoms with Gasteiger partial charge in [0.25, 0.3) is 5.69 Å². The first-order valence-electron chi connectivity index (χ1n) is 9.25. The number of hydrogen-bond donors (Lipinski definition) is 1. The molecule has 0 aliphatic rings. The zero-order valence-corrected chi connectivity index (χ0v) is 18.5. The number of halogens is 2. The van der Waals surface area contributed by atoms with E-state index in [-0.39, 0.29) is 12.3 Å². The van der Waals surface area contributed by atoms with Gasteiger partial charge in [-0.2, -0.15) is 5.10 Å². The lowest BCUT2D eigenvalue weighted by Crippen LogP contribution is -2.00. The number of hydrogen-bond acceptors (Lipinski definition) is 8. The molecule has 0 heterocycles. The maximum atomic E-state index is 11.2. The molecule has 0 aliphatic heterocycles. The molecule has 0 amide bonds. The molecule has 33 heavy (non-hydrogen) atoms. The molecule has 0 saturated heterocycles. The van der Waals surface area contributed by atoms with E-state index in [1.165, 1.54) is 19.4 Å². The van der Waals surface area contributed by atoms with E-state index >= 15 is 0 Å². The van der Waals surface area contributed by atoms with Crippen molar-refractivity contribution < 1.29 is 19.3 Å². The smallest absolute Gasteiger partial charge is 0.301 e. The molecule has 3 aromatic carbocycles. The molecule has 170 valence electrons. The molecule has 0 aliphatic carbocycles. The zero-order chi connectivity index (χ0) is 24.0. The van der Waals surface area contributed by atoms with Crippen LogP contribution in [0, 0.1) is 20.2 Å². The third kappa shape index (κ3) is 6.09. The van der Waals surface area contributed by atoms with Crippen LogP contribution in [0.25, 0.3) is 0 Å². The number of hydrazone groups is 1. The summed E-state index contributed by atoms with van der Waals surface area (Å²) < 4.78 is 11.2. The van der Waals surface area contributed by atoms with Crippen LogP contribution in [0.1, 0.15) is 11.1 Å². The molecule has 0 atom stereocenters. The predicted molar refractivity (Wildman–Crippen MR) is 125 cm³/mol. The molecule has 12 heteroatoms. The van der Waals surface area contributed by atoms with Gasteiger partial charge in [-0.1, -0.05) is 29.3 Å². The van der Waals surface area contributed by atoms with Crippen molar-refractivity contribution in [3.05, 3.63) is 96.0 Å². The van der Waals surface area contributed by atoms with Gasteiger partial charge < -0.3 is 9.47 Å². The number of nitro benzene ring substituents is 2. The number of nitrogens with one attached hydrogen (secondary N) is 1. The summed E-state index contributed by atoms with van der Waals surface area (Å²) in [6.07, 6.45) is 1.41. The van der Waals surface area contributed by atoms with Crippen molar-refractivity contribution in [1.29, 1.82) is 0 Å². The summed E-state index contributed by atoms with van der Waals surface area (Å²) >= 11 is 12.1. The SMILES string of the molecule is COc1ccc(/C=N\Nc2ccc([N+](=O)[O-])cc2[N+](=O)[O-])cc1OCc1ccc(Cl)cc1Cl. The van der Waals surface area contributed by atoms with Crippen molar-refractivity contribution in [2.45, 2.75) is 6.61 Å². The summed E-state index contributed by atoms with van der Waals surface area (Å²) in [6.45, 7) is 0.167. The molecular formula is C21H16Cl2N4O6. The van der Waals surface area contributed by atoms with E-state index < -0.39 is 21.2 Å². The lowest BCUT2D eigenvalue weighted by Gasteiger charge is -2.12. The van der Waals surface area contributed by atoms with Crippen LogP contribution in [0.15, 0.2) is 59.7 Å². The number of anilines is 1. The third-order valence-corrected chi connectivity index (χ3v) is 4.96. The number of methoxy groups -OCH3 is 1. The molecule has 3 rings (SSSR count). The minimum Gasteiger partial charge on any atom is -0.493 e. The quantitative estimate of drug-likeness (QED) is 0.226. The summed E-state index contributed by atoms with van der Waals surface area (Å²) in [7, 11) is 1.50.